The van der Waals surface area contributed by atoms with Gasteiger partial charge in [-0.1, -0.05) is 41.4 Å². The van der Waals surface area contributed by atoms with Gasteiger partial charge in [0, 0.05) is 18.0 Å². The molecule has 0 aliphatic carbocycles. The fraction of sp³-hybridized carbons (Fsp3) is 0.179. The minimum Gasteiger partial charge on any atom is -0.330 e. The van der Waals surface area contributed by atoms with E-state index in [1.54, 1.807) is 36.4 Å². The molecule has 1 heterocycles. The molecule has 0 saturated heterocycles. The lowest BCUT2D eigenvalue weighted by atomic mass is 10.1. The Bertz CT molecular complexity index is 1620. The quantitative estimate of drug-likeness (QED) is 0.207. The van der Waals surface area contributed by atoms with Crippen LogP contribution in [0.4, 0.5) is 14.5 Å². The van der Waals surface area contributed by atoms with E-state index in [1.807, 2.05) is 6.07 Å². The third-order valence-electron chi connectivity index (χ3n) is 5.96. The number of benzene rings is 3. The van der Waals surface area contributed by atoms with E-state index in [-0.39, 0.29) is 36.2 Å². The van der Waals surface area contributed by atoms with Crippen molar-refractivity contribution in [2.75, 3.05) is 18.5 Å². The zero-order valence-corrected chi connectivity index (χ0v) is 22.0. The fourth-order valence-corrected chi connectivity index (χ4v) is 4.42. The maximum Gasteiger partial charge on any atom is 0.280 e. The molecule has 4 rings (SSSR count). The van der Waals surface area contributed by atoms with Crippen molar-refractivity contribution in [1.82, 2.24) is 14.6 Å². The van der Waals surface area contributed by atoms with Crippen molar-refractivity contribution < 1.29 is 13.6 Å². The van der Waals surface area contributed by atoms with Crippen LogP contribution in [0.3, 0.4) is 0 Å². The highest BCUT2D eigenvalue weighted by molar-refractivity contribution is 6.31. The first kappa shape index (κ1) is 28.0. The van der Waals surface area contributed by atoms with Crippen LogP contribution in [0.2, 0.25) is 10.0 Å². The van der Waals surface area contributed by atoms with Gasteiger partial charge >= 0.3 is 0 Å². The molecule has 0 fully saturated rings. The van der Waals surface area contributed by atoms with Crippen LogP contribution < -0.4 is 16.7 Å². The summed E-state index contributed by atoms with van der Waals surface area (Å²) in [5.74, 6) is -0.269. The van der Waals surface area contributed by atoms with Gasteiger partial charge in [0.15, 0.2) is 5.82 Å². The number of nitrogens with two attached hydrogens (primary N) is 1. The number of terminal acetylenes is 1. The van der Waals surface area contributed by atoms with Gasteiger partial charge in [0.2, 0.25) is 0 Å². The molecule has 0 saturated carbocycles. The highest BCUT2D eigenvalue weighted by atomic mass is 35.5. The number of fused-ring (bicyclic) bond motifs is 1. The summed E-state index contributed by atoms with van der Waals surface area (Å²) >= 11 is 11.9. The fourth-order valence-electron chi connectivity index (χ4n) is 4.10. The van der Waals surface area contributed by atoms with Gasteiger partial charge < -0.3 is 10.6 Å². The maximum absolute atomic E-state index is 14.8. The first-order valence-electron chi connectivity index (χ1n) is 11.9. The number of nitrogens with zero attached hydrogens (tertiary/aromatic N) is 3. The van der Waals surface area contributed by atoms with Crippen LogP contribution in [0.15, 0.2) is 65.5 Å². The summed E-state index contributed by atoms with van der Waals surface area (Å²) in [6.07, 6.45) is 5.90. The van der Waals surface area contributed by atoms with E-state index in [4.69, 9.17) is 35.4 Å². The summed E-state index contributed by atoms with van der Waals surface area (Å²) in [7, 11) is 0. The average Bonchev–Trinajstić information content (AvgIpc) is 2.92. The highest BCUT2D eigenvalue weighted by Crippen LogP contribution is 2.29. The first-order chi connectivity index (χ1) is 18.7. The van der Waals surface area contributed by atoms with Crippen molar-refractivity contribution >= 4 is 45.7 Å². The van der Waals surface area contributed by atoms with Crippen LogP contribution in [-0.2, 0) is 0 Å². The zero-order chi connectivity index (χ0) is 28.1. The molecule has 3 aromatic carbocycles. The van der Waals surface area contributed by atoms with Crippen molar-refractivity contribution in [2.45, 2.75) is 18.9 Å². The number of nitrogens with one attached hydrogen (secondary N) is 1. The lowest BCUT2D eigenvalue weighted by Gasteiger charge is -2.32. The maximum atomic E-state index is 14.8. The Morgan fingerprint density at radius 1 is 1.13 bits per heavy atom. The van der Waals surface area contributed by atoms with Gasteiger partial charge in [0.1, 0.15) is 17.7 Å². The number of aromatic nitrogens is 2. The number of amides is 1. The van der Waals surface area contributed by atoms with Crippen molar-refractivity contribution in [2.24, 2.45) is 5.73 Å². The molecule has 0 spiro atoms. The second-order valence-electron chi connectivity index (χ2n) is 8.56. The van der Waals surface area contributed by atoms with Crippen molar-refractivity contribution in [3.63, 3.8) is 0 Å². The molecule has 200 valence electrons. The van der Waals surface area contributed by atoms with Crippen molar-refractivity contribution in [1.29, 1.82) is 0 Å². The molecule has 0 bridgehead atoms. The van der Waals surface area contributed by atoms with E-state index >= 15 is 0 Å². The molecule has 1 unspecified atom stereocenters. The summed E-state index contributed by atoms with van der Waals surface area (Å²) in [6.45, 7) is 0.208. The molecule has 1 amide bonds. The Morgan fingerprint density at radius 2 is 1.87 bits per heavy atom. The molecule has 3 N–H and O–H groups in total. The van der Waals surface area contributed by atoms with Crippen LogP contribution >= 0.6 is 23.2 Å². The van der Waals surface area contributed by atoms with Crippen LogP contribution in [0.25, 0.3) is 10.9 Å². The van der Waals surface area contributed by atoms with E-state index in [2.05, 4.69) is 16.3 Å². The Morgan fingerprint density at radius 3 is 2.56 bits per heavy atom. The topological polar surface area (TPSA) is 93.2 Å². The number of para-hydroxylation sites is 1. The number of anilines is 1. The predicted octanol–water partition coefficient (Wildman–Crippen LogP) is 5.41. The summed E-state index contributed by atoms with van der Waals surface area (Å²) in [4.78, 5) is 33.3. The molecular formula is C28H23Cl2F2N5O2. The molecule has 0 aliphatic heterocycles. The number of hydrogen-bond donors (Lipinski definition) is 2. The Hall–Kier alpha value is -3.97. The Labute approximate surface area is 233 Å². The van der Waals surface area contributed by atoms with Gasteiger partial charge in [-0.3, -0.25) is 15.0 Å². The summed E-state index contributed by atoms with van der Waals surface area (Å²) in [5, 5.41) is 0.140. The van der Waals surface area contributed by atoms with Gasteiger partial charge in [0.05, 0.1) is 27.2 Å². The molecular weight excluding hydrogens is 547 g/mol. The average molecular weight is 570 g/mol. The second kappa shape index (κ2) is 12.3. The number of carbonyl (C=O) groups is 1. The molecule has 0 aliphatic rings. The molecule has 39 heavy (non-hydrogen) atoms. The van der Waals surface area contributed by atoms with Crippen LogP contribution in [0.1, 0.15) is 35.1 Å². The Balaban J connectivity index is 1.95. The Kier molecular flexibility index (Phi) is 8.82. The van der Waals surface area contributed by atoms with E-state index in [0.29, 0.717) is 17.1 Å². The third kappa shape index (κ3) is 6.04. The summed E-state index contributed by atoms with van der Waals surface area (Å²) in [5.41, 5.74) is 8.55. The van der Waals surface area contributed by atoms with Gasteiger partial charge in [-0.05, 0) is 55.4 Å². The largest absolute Gasteiger partial charge is 0.330 e. The molecule has 0 radical (unpaired) electrons. The molecule has 7 nitrogen and oxygen atoms in total. The van der Waals surface area contributed by atoms with Crippen LogP contribution in [-0.4, -0.2) is 33.6 Å². The van der Waals surface area contributed by atoms with Gasteiger partial charge in [-0.15, -0.1) is 12.3 Å². The third-order valence-corrected chi connectivity index (χ3v) is 6.49. The van der Waals surface area contributed by atoms with E-state index < -0.39 is 39.7 Å². The van der Waals surface area contributed by atoms with E-state index in [0.717, 1.165) is 12.1 Å². The predicted molar refractivity (Wildman–Crippen MR) is 149 cm³/mol. The van der Waals surface area contributed by atoms with E-state index in [9.17, 15) is 18.4 Å². The normalized spacial score (nSPS) is 11.7. The van der Waals surface area contributed by atoms with Crippen molar-refractivity contribution in [3.8, 4) is 12.3 Å². The molecule has 1 aromatic heterocycles. The summed E-state index contributed by atoms with van der Waals surface area (Å²) < 4.78 is 30.3. The SMILES string of the molecule is C#CCC(c1nc2cc(Cl)ccc2c(=O)n1Nc1ccccc1)N(CCCN)C(=O)c1cc(F)c(Cl)cc1F. The number of rotatable bonds is 9. The smallest absolute Gasteiger partial charge is 0.280 e. The monoisotopic (exact) mass is 569 g/mol. The number of hydrogen-bond acceptors (Lipinski definition) is 5. The van der Waals surface area contributed by atoms with Crippen LogP contribution in [0.5, 0.6) is 0 Å². The van der Waals surface area contributed by atoms with Crippen molar-refractivity contribution in [3.05, 3.63) is 104 Å². The highest BCUT2D eigenvalue weighted by Gasteiger charge is 2.32. The van der Waals surface area contributed by atoms with E-state index in [1.165, 1.54) is 15.6 Å². The summed E-state index contributed by atoms with van der Waals surface area (Å²) in [6, 6.07) is 13.9. The van der Waals surface area contributed by atoms with Crippen LogP contribution in [0, 0.1) is 24.0 Å². The number of halogens is 4. The lowest BCUT2D eigenvalue weighted by Crippen LogP contribution is -2.41. The zero-order valence-electron chi connectivity index (χ0n) is 20.5. The molecule has 1 atom stereocenters. The van der Waals surface area contributed by atoms with Gasteiger partial charge in [-0.2, -0.15) is 0 Å². The van der Waals surface area contributed by atoms with Gasteiger partial charge in [-0.25, -0.2) is 18.4 Å². The minimum absolute atomic E-state index is 0.0140. The standard InChI is InChI=1S/C28H23Cl2F2N5O2/c1-2-7-25(36(13-6-12-33)27(38)20-15-23(32)21(30)16-22(20)31)26-34-24-14-17(29)10-11-19(24)28(39)37(26)35-18-8-4-3-5-9-18/h1,3-5,8-11,14-16,25,35H,6-7,12-13,33H2. The second-order valence-corrected chi connectivity index (χ2v) is 9.40. The molecule has 11 heteroatoms. The van der Waals surface area contributed by atoms with Gasteiger partial charge in [0.25, 0.3) is 11.5 Å². The first-order valence-corrected chi connectivity index (χ1v) is 12.6. The minimum atomic E-state index is -1.04. The number of carbonyl (C=O) groups excluding carboxylic acids is 1. The molecule has 4 aromatic rings. The lowest BCUT2D eigenvalue weighted by molar-refractivity contribution is 0.0661.